The van der Waals surface area contributed by atoms with Gasteiger partial charge in [0.05, 0.1) is 18.3 Å². The van der Waals surface area contributed by atoms with Crippen LogP contribution >= 0.6 is 34.5 Å². The van der Waals surface area contributed by atoms with Gasteiger partial charge in [-0.25, -0.2) is 13.1 Å². The van der Waals surface area contributed by atoms with Crippen LogP contribution in [-0.4, -0.2) is 49.4 Å². The van der Waals surface area contributed by atoms with Gasteiger partial charge in [-0.15, -0.1) is 16.5 Å². The van der Waals surface area contributed by atoms with Crippen molar-refractivity contribution in [2.24, 2.45) is 5.16 Å². The van der Waals surface area contributed by atoms with Crippen LogP contribution in [0.3, 0.4) is 0 Å². The van der Waals surface area contributed by atoms with E-state index < -0.39 is 45.9 Å². The number of nitrogens with one attached hydrogen (secondary N) is 1. The minimum Gasteiger partial charge on any atom is -0.859 e. The number of carbonyl (C=O) groups is 2. The Hall–Kier alpha value is -3.16. The van der Waals surface area contributed by atoms with Gasteiger partial charge in [-0.05, 0) is 48.2 Å². The highest BCUT2D eigenvalue weighted by atomic mass is 35.5. The van der Waals surface area contributed by atoms with Crippen LogP contribution in [-0.2, 0) is 21.5 Å². The van der Waals surface area contributed by atoms with E-state index in [0.717, 1.165) is 30.4 Å². The zero-order valence-electron chi connectivity index (χ0n) is 22.9. The number of carboxylic acid groups (broad SMARTS) is 1. The number of halogens is 2. The number of rotatable bonds is 9. The molecule has 1 fully saturated rings. The van der Waals surface area contributed by atoms with E-state index in [-0.39, 0.29) is 28.7 Å². The molecule has 1 aliphatic heterocycles. The van der Waals surface area contributed by atoms with Crippen LogP contribution in [0.4, 0.5) is 0 Å². The van der Waals surface area contributed by atoms with Crippen molar-refractivity contribution in [3.63, 3.8) is 0 Å². The maximum atomic E-state index is 14.3. The first-order valence-corrected chi connectivity index (χ1v) is 17.0. The van der Waals surface area contributed by atoms with Crippen molar-refractivity contribution >= 4 is 62.3 Å². The first-order chi connectivity index (χ1) is 20.4. The van der Waals surface area contributed by atoms with Crippen LogP contribution in [0.5, 0.6) is 0 Å². The van der Waals surface area contributed by atoms with Crippen molar-refractivity contribution in [1.82, 2.24) is 9.62 Å². The van der Waals surface area contributed by atoms with Crippen molar-refractivity contribution in [2.45, 2.75) is 56.3 Å². The molecular weight excluding hydrogens is 637 g/mol. The monoisotopic (exact) mass is 663 g/mol. The number of nitrogens with zero attached hydrogens (tertiary/aromatic N) is 2. The second-order valence-electron chi connectivity index (χ2n) is 10.5. The van der Waals surface area contributed by atoms with E-state index in [2.05, 4.69) is 9.88 Å². The van der Waals surface area contributed by atoms with E-state index in [9.17, 15) is 28.2 Å². The maximum Gasteiger partial charge on any atom is 0.255 e. The van der Waals surface area contributed by atoms with Gasteiger partial charge in [0.1, 0.15) is 0 Å². The Bertz CT molecular complexity index is 1680. The smallest absolute Gasteiger partial charge is 0.255 e. The summed E-state index contributed by atoms with van der Waals surface area (Å²) in [6.45, 7) is -0.157. The zero-order valence-corrected chi connectivity index (χ0v) is 26.0. The van der Waals surface area contributed by atoms with Crippen LogP contribution in [0.2, 0.25) is 10.0 Å². The van der Waals surface area contributed by atoms with Crippen LogP contribution in [0.15, 0.2) is 59.1 Å². The largest absolute Gasteiger partial charge is 0.859 e. The van der Waals surface area contributed by atoms with E-state index in [1.54, 1.807) is 41.3 Å². The number of carbonyl (C=O) groups excluding carboxylic acids is 2. The summed E-state index contributed by atoms with van der Waals surface area (Å²) >= 11 is 14.0. The third-order valence-electron chi connectivity index (χ3n) is 7.63. The number of oxime groups is 1. The topological polar surface area (TPSA) is 151 Å². The first kappa shape index (κ1) is 31.3. The summed E-state index contributed by atoms with van der Waals surface area (Å²) in [5.74, 6) is -3.44. The molecule has 5 rings (SSSR count). The molecule has 228 valence electrons. The Balaban J connectivity index is 1.61. The van der Waals surface area contributed by atoms with Gasteiger partial charge in [0, 0.05) is 55.3 Å². The molecule has 14 heteroatoms. The molecule has 0 bridgehead atoms. The fraction of sp³-hybridized carbons (Fsp3) is 0.345. The Morgan fingerprint density at radius 3 is 2.56 bits per heavy atom. The van der Waals surface area contributed by atoms with Gasteiger partial charge < -0.3 is 24.7 Å². The summed E-state index contributed by atoms with van der Waals surface area (Å²) in [5, 5.41) is 31.0. The molecule has 1 aromatic heterocycles. The lowest BCUT2D eigenvalue weighted by molar-refractivity contribution is -0.255. The van der Waals surface area contributed by atoms with Crippen molar-refractivity contribution in [1.29, 1.82) is 0 Å². The van der Waals surface area contributed by atoms with Crippen molar-refractivity contribution in [3.05, 3.63) is 91.1 Å². The van der Waals surface area contributed by atoms with Gasteiger partial charge >= 0.3 is 0 Å². The first-order valence-electron chi connectivity index (χ1n) is 13.4. The molecule has 4 atom stereocenters. The molecule has 2 heterocycles. The predicted octanol–water partition coefficient (Wildman–Crippen LogP) is 3.45. The number of amides is 1. The molecular formula is C29H27Cl2N3O7S2-2. The molecule has 43 heavy (non-hydrogen) atoms. The maximum absolute atomic E-state index is 14.3. The van der Waals surface area contributed by atoms with Gasteiger partial charge in [-0.1, -0.05) is 60.3 Å². The summed E-state index contributed by atoms with van der Waals surface area (Å²) in [7, 11) is -3.62. The Morgan fingerprint density at radius 1 is 1.12 bits per heavy atom. The molecule has 2 aliphatic rings. The van der Waals surface area contributed by atoms with E-state index in [0.29, 0.717) is 33.9 Å². The van der Waals surface area contributed by atoms with Crippen LogP contribution in [0.25, 0.3) is 0 Å². The summed E-state index contributed by atoms with van der Waals surface area (Å²) < 4.78 is 27.4. The SMILES string of the molecule is CS(=O)(=O)N[C@H]1CCCC[C@@H]1N1C(=O)c2ccccc2[C@@H](/C([O-])=N\OCc2cc(C(=O)[O-])cs2)[C@@H]1c1ccc(Cl)cc1Cl. The standard InChI is InChI=1S/C29H29Cl2N3O7S2/c1-43(39,40)33-23-8-4-5-9-24(23)34-26(21-11-10-17(30)13-22(21)31)25(19-6-2-3-7-20(19)28(34)36)27(35)32-41-14-18-12-16(15-42-18)29(37)38/h2-3,6-7,10-13,15,23-26,33H,4-5,8-9,14H2,1H3,(H,32,35)(H,37,38)/p-2/t23-,24-,25+,26-/m0/s1. The molecule has 1 saturated carbocycles. The number of sulfonamides is 1. The molecule has 1 N–H and O–H groups in total. The van der Waals surface area contributed by atoms with E-state index >= 15 is 0 Å². The summed E-state index contributed by atoms with van der Waals surface area (Å²) in [5.41, 5.74) is 1.16. The fourth-order valence-electron chi connectivity index (χ4n) is 5.89. The molecule has 1 amide bonds. The minimum absolute atomic E-state index is 0.00697. The lowest BCUT2D eigenvalue weighted by Gasteiger charge is -2.50. The molecule has 0 spiro atoms. The Kier molecular flexibility index (Phi) is 9.33. The number of fused-ring (bicyclic) bond motifs is 1. The highest BCUT2D eigenvalue weighted by Crippen LogP contribution is 2.47. The molecule has 1 aliphatic carbocycles. The number of benzene rings is 2. The zero-order chi connectivity index (χ0) is 30.9. The van der Waals surface area contributed by atoms with Gasteiger partial charge in [0.2, 0.25) is 10.0 Å². The van der Waals surface area contributed by atoms with Crippen molar-refractivity contribution in [3.8, 4) is 0 Å². The van der Waals surface area contributed by atoms with E-state index in [1.165, 1.54) is 17.5 Å². The second kappa shape index (κ2) is 12.8. The fourth-order valence-corrected chi connectivity index (χ4v) is 7.99. The number of hydrogen-bond acceptors (Lipinski definition) is 9. The highest BCUT2D eigenvalue weighted by molar-refractivity contribution is 7.88. The second-order valence-corrected chi connectivity index (χ2v) is 14.1. The molecule has 2 aromatic carbocycles. The normalized spacial score (nSPS) is 22.7. The summed E-state index contributed by atoms with van der Waals surface area (Å²) in [4.78, 5) is 32.9. The van der Waals surface area contributed by atoms with Gasteiger partial charge in [-0.2, -0.15) is 0 Å². The average molecular weight is 665 g/mol. The molecule has 0 radical (unpaired) electrons. The lowest BCUT2D eigenvalue weighted by Crippen LogP contribution is -2.59. The molecule has 0 saturated heterocycles. The van der Waals surface area contributed by atoms with Gasteiger partial charge in [0.15, 0.2) is 6.61 Å². The summed E-state index contributed by atoms with van der Waals surface area (Å²) in [6, 6.07) is 10.7. The van der Waals surface area contributed by atoms with Crippen LogP contribution < -0.4 is 14.9 Å². The Morgan fingerprint density at radius 2 is 1.86 bits per heavy atom. The molecule has 10 nitrogen and oxygen atoms in total. The summed E-state index contributed by atoms with van der Waals surface area (Å²) in [6.07, 6.45) is 3.59. The Labute approximate surface area is 262 Å². The number of hydrogen-bond donors (Lipinski definition) is 1. The van der Waals surface area contributed by atoms with Crippen LogP contribution in [0, 0.1) is 0 Å². The molecule has 0 unspecified atom stereocenters. The van der Waals surface area contributed by atoms with Crippen LogP contribution in [0.1, 0.15) is 74.4 Å². The molecule has 3 aromatic rings. The lowest BCUT2D eigenvalue weighted by atomic mass is 9.77. The van der Waals surface area contributed by atoms with Crippen molar-refractivity contribution in [2.75, 3.05) is 6.26 Å². The van der Waals surface area contributed by atoms with E-state index in [4.69, 9.17) is 28.0 Å². The minimum atomic E-state index is -3.62. The quantitative estimate of drug-likeness (QED) is 0.209. The van der Waals surface area contributed by atoms with Gasteiger partial charge in [-0.3, -0.25) is 4.79 Å². The van der Waals surface area contributed by atoms with E-state index in [1.807, 2.05) is 0 Å². The number of carboxylic acids is 1. The third kappa shape index (κ3) is 6.83. The third-order valence-corrected chi connectivity index (χ3v) is 9.83. The van der Waals surface area contributed by atoms with Crippen molar-refractivity contribution < 1.29 is 33.1 Å². The predicted molar refractivity (Wildman–Crippen MR) is 159 cm³/mol. The number of aromatic carboxylic acids is 1. The highest BCUT2D eigenvalue weighted by Gasteiger charge is 2.47. The average Bonchev–Trinajstić information content (AvgIpc) is 3.42. The number of thiophene rings is 1. The van der Waals surface area contributed by atoms with Gasteiger partial charge in [0.25, 0.3) is 5.91 Å².